The van der Waals surface area contributed by atoms with Crippen LogP contribution in [0.2, 0.25) is 0 Å². The SMILES string of the molecule is Cc1cc2c(OC[C@@H](O)CN3CC[C@@H](c4cc5c(O)cccc5s4)C[C@@H]3C)cccc2[nH]1. The summed E-state index contributed by atoms with van der Waals surface area (Å²) in [6, 6.07) is 16.3. The number of likely N-dealkylation sites (tertiary alicyclic amines) is 1. The van der Waals surface area contributed by atoms with Gasteiger partial charge in [-0.05, 0) is 75.5 Å². The Morgan fingerprint density at radius 1 is 1.19 bits per heavy atom. The lowest BCUT2D eigenvalue weighted by molar-refractivity contribution is 0.0408. The molecule has 0 unspecified atom stereocenters. The van der Waals surface area contributed by atoms with Gasteiger partial charge in [-0.25, -0.2) is 0 Å². The van der Waals surface area contributed by atoms with E-state index in [1.165, 1.54) is 4.88 Å². The maximum atomic E-state index is 10.7. The van der Waals surface area contributed by atoms with Crippen LogP contribution in [0.1, 0.15) is 36.3 Å². The number of phenolic OH excluding ortho intramolecular Hbond substituents is 1. The molecule has 168 valence electrons. The van der Waals surface area contributed by atoms with Gasteiger partial charge in [-0.2, -0.15) is 0 Å². The molecule has 1 saturated heterocycles. The van der Waals surface area contributed by atoms with Crippen molar-refractivity contribution in [3.05, 3.63) is 59.1 Å². The number of hydrogen-bond acceptors (Lipinski definition) is 5. The Hall–Kier alpha value is -2.54. The second kappa shape index (κ2) is 8.77. The number of aryl methyl sites for hydroxylation is 1. The number of β-amino-alcohol motifs (C(OH)–C–C–N with tert-alkyl or cyclic N) is 1. The third-order valence-electron chi connectivity index (χ3n) is 6.61. The summed E-state index contributed by atoms with van der Waals surface area (Å²) in [7, 11) is 0. The van der Waals surface area contributed by atoms with E-state index in [2.05, 4.69) is 35.0 Å². The summed E-state index contributed by atoms with van der Waals surface area (Å²) in [4.78, 5) is 7.05. The fourth-order valence-electron chi connectivity index (χ4n) is 4.92. The molecule has 3 N–H and O–H groups in total. The summed E-state index contributed by atoms with van der Waals surface area (Å²) in [5, 5.41) is 22.8. The third kappa shape index (κ3) is 4.22. The highest BCUT2D eigenvalue weighted by atomic mass is 32.1. The molecule has 3 atom stereocenters. The maximum Gasteiger partial charge on any atom is 0.128 e. The quantitative estimate of drug-likeness (QED) is 0.368. The first-order valence-corrected chi connectivity index (χ1v) is 12.1. The van der Waals surface area contributed by atoms with Crippen LogP contribution in [0.3, 0.4) is 0 Å². The van der Waals surface area contributed by atoms with Gasteiger partial charge in [0.1, 0.15) is 24.2 Å². The number of aromatic amines is 1. The smallest absolute Gasteiger partial charge is 0.128 e. The molecule has 0 spiro atoms. The topological polar surface area (TPSA) is 68.7 Å². The summed E-state index contributed by atoms with van der Waals surface area (Å²) in [5.74, 6) is 1.68. The number of ether oxygens (including phenoxy) is 1. The van der Waals surface area contributed by atoms with Crippen LogP contribution in [0.25, 0.3) is 21.0 Å². The van der Waals surface area contributed by atoms with Gasteiger partial charge in [0.15, 0.2) is 0 Å². The zero-order valence-corrected chi connectivity index (χ0v) is 19.4. The Morgan fingerprint density at radius 2 is 2.03 bits per heavy atom. The van der Waals surface area contributed by atoms with Crippen LogP contribution in [-0.4, -0.2) is 51.9 Å². The number of aromatic nitrogens is 1. The number of nitrogens with zero attached hydrogens (tertiary/aromatic N) is 1. The highest BCUT2D eigenvalue weighted by Crippen LogP contribution is 2.40. The highest BCUT2D eigenvalue weighted by Gasteiger charge is 2.29. The monoisotopic (exact) mass is 450 g/mol. The van der Waals surface area contributed by atoms with Crippen LogP contribution in [0.4, 0.5) is 0 Å². The van der Waals surface area contributed by atoms with Gasteiger partial charge in [0.2, 0.25) is 0 Å². The van der Waals surface area contributed by atoms with Gasteiger partial charge in [0, 0.05) is 44.1 Å². The number of aliphatic hydroxyl groups is 1. The number of fused-ring (bicyclic) bond motifs is 2. The molecule has 0 radical (unpaired) electrons. The number of aromatic hydroxyl groups is 1. The number of benzene rings is 2. The number of piperidine rings is 1. The van der Waals surface area contributed by atoms with Crippen molar-refractivity contribution < 1.29 is 14.9 Å². The van der Waals surface area contributed by atoms with Gasteiger partial charge in [0.25, 0.3) is 0 Å². The normalized spacial score (nSPS) is 20.7. The van der Waals surface area contributed by atoms with E-state index < -0.39 is 6.10 Å². The minimum absolute atomic E-state index is 0.283. The number of phenols is 1. The van der Waals surface area contributed by atoms with Crippen LogP contribution in [0, 0.1) is 6.92 Å². The Labute approximate surface area is 192 Å². The Morgan fingerprint density at radius 3 is 2.84 bits per heavy atom. The largest absolute Gasteiger partial charge is 0.507 e. The molecule has 1 aliphatic rings. The molecule has 3 heterocycles. The molecular weight excluding hydrogens is 420 g/mol. The van der Waals surface area contributed by atoms with Crippen LogP contribution < -0.4 is 4.74 Å². The minimum atomic E-state index is -0.537. The molecule has 5 rings (SSSR count). The van der Waals surface area contributed by atoms with Crippen molar-refractivity contribution in [1.82, 2.24) is 9.88 Å². The average molecular weight is 451 g/mol. The van der Waals surface area contributed by atoms with E-state index in [9.17, 15) is 10.2 Å². The second-order valence-electron chi connectivity index (χ2n) is 9.04. The zero-order chi connectivity index (χ0) is 22.2. The molecular formula is C26H30N2O3S. The summed E-state index contributed by atoms with van der Waals surface area (Å²) in [5.41, 5.74) is 2.15. The molecule has 0 aliphatic carbocycles. The predicted molar refractivity (Wildman–Crippen MR) is 131 cm³/mol. The van der Waals surface area contributed by atoms with Crippen molar-refractivity contribution in [2.45, 2.75) is 44.8 Å². The van der Waals surface area contributed by atoms with Crippen molar-refractivity contribution in [2.75, 3.05) is 19.7 Å². The van der Waals surface area contributed by atoms with Gasteiger partial charge in [-0.3, -0.25) is 4.90 Å². The lowest BCUT2D eigenvalue weighted by Gasteiger charge is -2.38. The fraction of sp³-hybridized carbons (Fsp3) is 0.385. The lowest BCUT2D eigenvalue weighted by Crippen LogP contribution is -2.45. The van der Waals surface area contributed by atoms with Gasteiger partial charge in [-0.15, -0.1) is 11.3 Å². The number of aliphatic hydroxyl groups excluding tert-OH is 1. The third-order valence-corrected chi connectivity index (χ3v) is 7.87. The molecule has 1 aliphatic heterocycles. The molecule has 1 fully saturated rings. The van der Waals surface area contributed by atoms with E-state index in [1.807, 2.05) is 31.2 Å². The van der Waals surface area contributed by atoms with Crippen LogP contribution in [-0.2, 0) is 0 Å². The average Bonchev–Trinajstić information content (AvgIpc) is 3.37. The molecule has 2 aromatic heterocycles. The lowest BCUT2D eigenvalue weighted by atomic mass is 9.90. The van der Waals surface area contributed by atoms with E-state index >= 15 is 0 Å². The van der Waals surface area contributed by atoms with E-state index in [1.54, 1.807) is 17.4 Å². The van der Waals surface area contributed by atoms with Crippen LogP contribution in [0.15, 0.2) is 48.5 Å². The van der Waals surface area contributed by atoms with E-state index in [0.717, 1.165) is 51.8 Å². The first-order chi connectivity index (χ1) is 15.5. The molecule has 0 amide bonds. The fourth-order valence-corrected chi connectivity index (χ4v) is 6.15. The molecule has 4 aromatic rings. The maximum absolute atomic E-state index is 10.7. The Balaban J connectivity index is 1.18. The van der Waals surface area contributed by atoms with Crippen molar-refractivity contribution in [2.24, 2.45) is 0 Å². The number of nitrogens with one attached hydrogen (secondary N) is 1. The molecule has 6 heteroatoms. The minimum Gasteiger partial charge on any atom is -0.507 e. The van der Waals surface area contributed by atoms with Gasteiger partial charge in [0.05, 0.1) is 0 Å². The van der Waals surface area contributed by atoms with Crippen molar-refractivity contribution in [1.29, 1.82) is 0 Å². The summed E-state index contributed by atoms with van der Waals surface area (Å²) < 4.78 is 7.14. The first kappa shape index (κ1) is 21.3. The first-order valence-electron chi connectivity index (χ1n) is 11.3. The molecule has 0 bridgehead atoms. The van der Waals surface area contributed by atoms with Crippen molar-refractivity contribution in [3.63, 3.8) is 0 Å². The van der Waals surface area contributed by atoms with Crippen LogP contribution >= 0.6 is 11.3 Å². The standard InChI is InChI=1S/C26H30N2O3S/c1-16-11-20-22(27-16)5-3-7-24(20)31-15-19(29)14-28-10-9-18(12-17(28)2)26-13-21-23(30)6-4-8-25(21)32-26/h3-8,11,13,17-19,27,29-30H,9-10,12,14-15H2,1-2H3/t17-,18+,19-/m0/s1. The zero-order valence-electron chi connectivity index (χ0n) is 18.5. The number of H-pyrrole nitrogens is 1. The Kier molecular flexibility index (Phi) is 5.84. The molecule has 0 saturated carbocycles. The number of rotatable bonds is 6. The highest BCUT2D eigenvalue weighted by molar-refractivity contribution is 7.19. The van der Waals surface area contributed by atoms with Gasteiger partial charge >= 0.3 is 0 Å². The van der Waals surface area contributed by atoms with Crippen molar-refractivity contribution >= 4 is 32.3 Å². The molecule has 5 nitrogen and oxygen atoms in total. The van der Waals surface area contributed by atoms with E-state index in [-0.39, 0.29) is 6.61 Å². The second-order valence-corrected chi connectivity index (χ2v) is 10.2. The number of hydrogen-bond donors (Lipinski definition) is 3. The summed E-state index contributed by atoms with van der Waals surface area (Å²) in [6.45, 7) is 6.13. The van der Waals surface area contributed by atoms with E-state index in [0.29, 0.717) is 24.3 Å². The van der Waals surface area contributed by atoms with Crippen LogP contribution in [0.5, 0.6) is 11.5 Å². The predicted octanol–water partition coefficient (Wildman–Crippen LogP) is 5.40. The van der Waals surface area contributed by atoms with Gasteiger partial charge in [-0.1, -0.05) is 12.1 Å². The number of thiophene rings is 1. The molecule has 32 heavy (non-hydrogen) atoms. The van der Waals surface area contributed by atoms with Crippen molar-refractivity contribution in [3.8, 4) is 11.5 Å². The molecule has 2 aromatic carbocycles. The Bertz CT molecular complexity index is 1230. The van der Waals surface area contributed by atoms with Gasteiger partial charge < -0.3 is 19.9 Å². The summed E-state index contributed by atoms with van der Waals surface area (Å²) >= 11 is 1.79. The summed E-state index contributed by atoms with van der Waals surface area (Å²) in [6.07, 6.45) is 1.59. The van der Waals surface area contributed by atoms with E-state index in [4.69, 9.17) is 4.74 Å².